The maximum absolute atomic E-state index is 14.0. The number of nitrogens with zero attached hydrogens (tertiary/aromatic N) is 2. The highest BCUT2D eigenvalue weighted by Crippen LogP contribution is 2.24. The van der Waals surface area contributed by atoms with E-state index in [0.717, 1.165) is 5.69 Å². The van der Waals surface area contributed by atoms with Crippen molar-refractivity contribution in [2.45, 2.75) is 13.3 Å². The Hall–Kier alpha value is -2.23. The van der Waals surface area contributed by atoms with E-state index in [9.17, 15) is 9.18 Å². The number of para-hydroxylation sites is 1. The molecule has 0 fully saturated rings. The van der Waals surface area contributed by atoms with Crippen molar-refractivity contribution in [2.75, 3.05) is 18.5 Å². The highest BCUT2D eigenvalue weighted by Gasteiger charge is 2.15. The minimum Gasteiger partial charge on any atom is -0.371 e. The highest BCUT2D eigenvalue weighted by atomic mass is 19.1. The van der Waals surface area contributed by atoms with Crippen molar-refractivity contribution in [1.82, 2.24) is 4.98 Å². The molecule has 0 saturated carbocycles. The monoisotopic (exact) mass is 272 g/mol. The molecule has 0 aliphatic rings. The molecule has 104 valence electrons. The normalized spacial score (nSPS) is 10.3. The van der Waals surface area contributed by atoms with Gasteiger partial charge in [0, 0.05) is 37.5 Å². The summed E-state index contributed by atoms with van der Waals surface area (Å²) in [5, 5.41) is 0. The average molecular weight is 272 g/mol. The second-order valence-electron chi connectivity index (χ2n) is 4.68. The number of benzene rings is 1. The summed E-state index contributed by atoms with van der Waals surface area (Å²) in [5.74, 6) is -0.509. The molecule has 20 heavy (non-hydrogen) atoms. The molecule has 2 rings (SSSR count). The molecular formula is C16H17FN2O. The van der Waals surface area contributed by atoms with E-state index in [-0.39, 0.29) is 11.6 Å². The van der Waals surface area contributed by atoms with Crippen LogP contribution in [0.4, 0.5) is 10.1 Å². The fourth-order valence-electron chi connectivity index (χ4n) is 2.13. The van der Waals surface area contributed by atoms with E-state index in [1.807, 2.05) is 18.2 Å². The summed E-state index contributed by atoms with van der Waals surface area (Å²) in [6, 6.07) is 10.3. The van der Waals surface area contributed by atoms with Gasteiger partial charge in [0.15, 0.2) is 5.78 Å². The third-order valence-corrected chi connectivity index (χ3v) is 3.18. The zero-order valence-corrected chi connectivity index (χ0v) is 11.6. The molecule has 2 aromatic rings. The number of anilines is 1. The van der Waals surface area contributed by atoms with Crippen LogP contribution < -0.4 is 4.90 Å². The van der Waals surface area contributed by atoms with Gasteiger partial charge in [-0.05, 0) is 31.2 Å². The van der Waals surface area contributed by atoms with E-state index in [2.05, 4.69) is 4.98 Å². The van der Waals surface area contributed by atoms with E-state index in [1.54, 1.807) is 30.3 Å². The summed E-state index contributed by atoms with van der Waals surface area (Å²) in [5.41, 5.74) is 1.71. The fraction of sp³-hybridized carbons (Fsp3) is 0.250. The van der Waals surface area contributed by atoms with Crippen molar-refractivity contribution in [3.05, 3.63) is 59.7 Å². The maximum atomic E-state index is 14.0. The molecule has 1 aromatic carbocycles. The molecule has 0 aliphatic heterocycles. The summed E-state index contributed by atoms with van der Waals surface area (Å²) in [4.78, 5) is 17.6. The smallest absolute Gasteiger partial charge is 0.161 e. The van der Waals surface area contributed by atoms with Gasteiger partial charge in [0.25, 0.3) is 0 Å². The zero-order chi connectivity index (χ0) is 14.5. The molecule has 0 N–H and O–H groups in total. The number of carbonyl (C=O) groups is 1. The van der Waals surface area contributed by atoms with Crippen LogP contribution in [-0.4, -0.2) is 24.4 Å². The van der Waals surface area contributed by atoms with Crippen LogP contribution in [0.1, 0.15) is 23.0 Å². The number of rotatable bonds is 5. The van der Waals surface area contributed by atoms with Crippen LogP contribution in [0.3, 0.4) is 0 Å². The van der Waals surface area contributed by atoms with E-state index in [1.165, 1.54) is 13.0 Å². The third-order valence-electron chi connectivity index (χ3n) is 3.18. The summed E-state index contributed by atoms with van der Waals surface area (Å²) in [6.45, 7) is 2.04. The first-order chi connectivity index (χ1) is 9.59. The van der Waals surface area contributed by atoms with Crippen LogP contribution in [0.2, 0.25) is 0 Å². The summed E-state index contributed by atoms with van der Waals surface area (Å²) >= 11 is 0. The van der Waals surface area contributed by atoms with E-state index in [0.29, 0.717) is 24.2 Å². The molecular weight excluding hydrogens is 255 g/mol. The van der Waals surface area contributed by atoms with Gasteiger partial charge in [0.05, 0.1) is 5.69 Å². The second-order valence-corrected chi connectivity index (χ2v) is 4.68. The summed E-state index contributed by atoms with van der Waals surface area (Å²) < 4.78 is 14.0. The predicted octanol–water partition coefficient (Wildman–Crippen LogP) is 3.10. The largest absolute Gasteiger partial charge is 0.371 e. The number of carbonyl (C=O) groups excluding carboxylic acids is 1. The van der Waals surface area contributed by atoms with Gasteiger partial charge in [0.1, 0.15) is 5.82 Å². The molecule has 0 saturated heterocycles. The lowest BCUT2D eigenvalue weighted by Gasteiger charge is -2.22. The third kappa shape index (κ3) is 3.20. The van der Waals surface area contributed by atoms with Crippen LogP contribution in [-0.2, 0) is 6.42 Å². The minimum atomic E-state index is -0.374. The lowest BCUT2D eigenvalue weighted by molar-refractivity contribution is 0.101. The van der Waals surface area contributed by atoms with Gasteiger partial charge in [-0.2, -0.15) is 0 Å². The number of aromatic nitrogens is 1. The first-order valence-corrected chi connectivity index (χ1v) is 6.50. The second kappa shape index (κ2) is 6.28. The minimum absolute atomic E-state index is 0.135. The summed E-state index contributed by atoms with van der Waals surface area (Å²) in [7, 11) is 1.79. The molecule has 0 aliphatic carbocycles. The fourth-order valence-corrected chi connectivity index (χ4v) is 2.13. The quantitative estimate of drug-likeness (QED) is 0.784. The van der Waals surface area contributed by atoms with Crippen molar-refractivity contribution in [1.29, 1.82) is 0 Å². The Morgan fingerprint density at radius 2 is 2.05 bits per heavy atom. The number of pyridine rings is 1. The van der Waals surface area contributed by atoms with Crippen LogP contribution in [0.25, 0.3) is 0 Å². The molecule has 1 aromatic heterocycles. The molecule has 4 heteroatoms. The van der Waals surface area contributed by atoms with E-state index < -0.39 is 0 Å². The first-order valence-electron chi connectivity index (χ1n) is 6.50. The Bertz CT molecular complexity index is 599. The van der Waals surface area contributed by atoms with Gasteiger partial charge in [-0.3, -0.25) is 9.78 Å². The predicted molar refractivity (Wildman–Crippen MR) is 77.6 cm³/mol. The molecule has 1 heterocycles. The Morgan fingerprint density at radius 1 is 1.25 bits per heavy atom. The van der Waals surface area contributed by atoms with E-state index in [4.69, 9.17) is 0 Å². The van der Waals surface area contributed by atoms with Gasteiger partial charge in [-0.15, -0.1) is 0 Å². The highest BCUT2D eigenvalue weighted by molar-refractivity contribution is 5.99. The van der Waals surface area contributed by atoms with Gasteiger partial charge in [0.2, 0.25) is 0 Å². The molecule has 0 unspecified atom stereocenters. The van der Waals surface area contributed by atoms with Gasteiger partial charge < -0.3 is 4.90 Å². The molecule has 3 nitrogen and oxygen atoms in total. The first kappa shape index (κ1) is 14.2. The maximum Gasteiger partial charge on any atom is 0.161 e. The zero-order valence-electron chi connectivity index (χ0n) is 11.6. The van der Waals surface area contributed by atoms with Crippen LogP contribution in [0, 0.1) is 5.82 Å². The topological polar surface area (TPSA) is 33.2 Å². The van der Waals surface area contributed by atoms with E-state index >= 15 is 0 Å². The van der Waals surface area contributed by atoms with Gasteiger partial charge in [-0.25, -0.2) is 4.39 Å². The lowest BCUT2D eigenvalue weighted by atomic mass is 10.1. The Kier molecular flexibility index (Phi) is 4.45. The van der Waals surface area contributed by atoms with Crippen LogP contribution >= 0.6 is 0 Å². The number of hydrogen-bond donors (Lipinski definition) is 0. The number of likely N-dealkylation sites (N-methyl/N-ethyl adjacent to an activating group) is 1. The number of halogens is 1. The van der Waals surface area contributed by atoms with Crippen LogP contribution in [0.5, 0.6) is 0 Å². The summed E-state index contributed by atoms with van der Waals surface area (Å²) in [6.07, 6.45) is 2.43. The van der Waals surface area contributed by atoms with Crippen LogP contribution in [0.15, 0.2) is 42.6 Å². The van der Waals surface area contributed by atoms with Gasteiger partial charge in [-0.1, -0.05) is 12.1 Å². The number of hydrogen-bond acceptors (Lipinski definition) is 3. The lowest BCUT2D eigenvalue weighted by Crippen LogP contribution is -2.23. The number of ketones is 1. The molecule has 0 spiro atoms. The van der Waals surface area contributed by atoms with Crippen molar-refractivity contribution in [3.63, 3.8) is 0 Å². The van der Waals surface area contributed by atoms with Crippen molar-refractivity contribution in [3.8, 4) is 0 Å². The molecule has 0 amide bonds. The van der Waals surface area contributed by atoms with Crippen molar-refractivity contribution < 1.29 is 9.18 Å². The molecule has 0 bridgehead atoms. The Labute approximate surface area is 118 Å². The molecule has 0 radical (unpaired) electrons. The Balaban J connectivity index is 2.17. The van der Waals surface area contributed by atoms with Crippen molar-refractivity contribution >= 4 is 11.5 Å². The van der Waals surface area contributed by atoms with Crippen molar-refractivity contribution in [2.24, 2.45) is 0 Å². The standard InChI is InChI=1S/C16H17FN2O/c1-12(20)14-7-5-8-15(17)16(14)19(2)11-9-13-6-3-4-10-18-13/h3-8,10H,9,11H2,1-2H3. The SMILES string of the molecule is CC(=O)c1cccc(F)c1N(C)CCc1ccccn1. The average Bonchev–Trinajstić information content (AvgIpc) is 2.45. The Morgan fingerprint density at radius 3 is 2.70 bits per heavy atom. The number of Topliss-reactive ketones (excluding diaryl/α,β-unsaturated/α-hetero) is 1. The molecule has 0 atom stereocenters. The van der Waals surface area contributed by atoms with Gasteiger partial charge >= 0.3 is 0 Å².